The summed E-state index contributed by atoms with van der Waals surface area (Å²) in [6.07, 6.45) is 3.27. The summed E-state index contributed by atoms with van der Waals surface area (Å²) < 4.78 is 4.70. The van der Waals surface area contributed by atoms with Crippen LogP contribution in [-0.2, 0) is 9.53 Å². The van der Waals surface area contributed by atoms with Crippen LogP contribution in [0.2, 0.25) is 0 Å². The lowest BCUT2D eigenvalue weighted by molar-refractivity contribution is -0.147. The van der Waals surface area contributed by atoms with Crippen LogP contribution in [0.3, 0.4) is 0 Å². The third-order valence-corrected chi connectivity index (χ3v) is 3.67. The maximum absolute atomic E-state index is 11.2. The summed E-state index contributed by atoms with van der Waals surface area (Å²) in [6.45, 7) is 0. The van der Waals surface area contributed by atoms with E-state index in [1.165, 1.54) is 7.11 Å². The Kier molecular flexibility index (Phi) is 4.89. The minimum atomic E-state index is -0.270. The molecule has 0 aromatic carbocycles. The Morgan fingerprint density at radius 2 is 2.07 bits per heavy atom. The quantitative estimate of drug-likeness (QED) is 0.624. The molecule has 1 rings (SSSR count). The van der Waals surface area contributed by atoms with Gasteiger partial charge >= 0.3 is 5.97 Å². The Morgan fingerprint density at radius 3 is 2.50 bits per heavy atom. The van der Waals surface area contributed by atoms with E-state index in [2.05, 4.69) is 15.9 Å². The number of carbonyl (C=O) groups excluding carboxylic acids is 1. The van der Waals surface area contributed by atoms with Crippen LogP contribution in [0.5, 0.6) is 0 Å². The molecule has 0 bridgehead atoms. The van der Waals surface area contributed by atoms with Gasteiger partial charge in [0.25, 0.3) is 0 Å². The van der Waals surface area contributed by atoms with Gasteiger partial charge in [-0.1, -0.05) is 15.9 Å². The first-order valence-corrected chi connectivity index (χ1v) is 6.13. The first-order valence-electron chi connectivity index (χ1n) is 5.01. The zero-order chi connectivity index (χ0) is 10.6. The molecule has 0 aliphatic heterocycles. The van der Waals surface area contributed by atoms with Gasteiger partial charge in [0.05, 0.1) is 19.1 Å². The number of ether oxygens (including phenoxy) is 1. The van der Waals surface area contributed by atoms with Crippen LogP contribution in [0.4, 0.5) is 0 Å². The number of halogens is 1. The number of hydrogen-bond donors (Lipinski definition) is 1. The molecule has 1 unspecified atom stereocenters. The fraction of sp³-hybridized carbons (Fsp3) is 0.900. The van der Waals surface area contributed by atoms with E-state index in [0.717, 1.165) is 25.7 Å². The first-order chi connectivity index (χ1) is 6.69. The van der Waals surface area contributed by atoms with Crippen molar-refractivity contribution in [1.29, 1.82) is 0 Å². The lowest BCUT2D eigenvalue weighted by Gasteiger charge is -2.29. The second-order valence-corrected chi connectivity index (χ2v) is 4.50. The summed E-state index contributed by atoms with van der Waals surface area (Å²) in [4.78, 5) is 11.2. The monoisotopic (exact) mass is 264 g/mol. The Balaban J connectivity index is 2.34. The van der Waals surface area contributed by atoms with Crippen molar-refractivity contribution in [1.82, 2.24) is 0 Å². The highest BCUT2D eigenvalue weighted by molar-refractivity contribution is 9.09. The molecule has 1 saturated carbocycles. The first kappa shape index (κ1) is 12.0. The van der Waals surface area contributed by atoms with Gasteiger partial charge in [0.2, 0.25) is 0 Å². The molecule has 82 valence electrons. The molecule has 0 heterocycles. The average molecular weight is 265 g/mol. The van der Waals surface area contributed by atoms with Crippen molar-refractivity contribution < 1.29 is 14.6 Å². The number of aliphatic hydroxyl groups is 1. The molecule has 1 fully saturated rings. The summed E-state index contributed by atoms with van der Waals surface area (Å²) in [5, 5.41) is 10.2. The van der Waals surface area contributed by atoms with Crippen molar-refractivity contribution in [3.8, 4) is 0 Å². The van der Waals surface area contributed by atoms with Gasteiger partial charge in [-0.2, -0.15) is 0 Å². The number of carbonyl (C=O) groups is 1. The fourth-order valence-electron chi connectivity index (χ4n) is 2.03. The predicted octanol–water partition coefficient (Wildman–Crippen LogP) is 1.72. The summed E-state index contributed by atoms with van der Waals surface area (Å²) >= 11 is 3.27. The number of aliphatic hydroxyl groups excluding tert-OH is 1. The number of alkyl halides is 1. The van der Waals surface area contributed by atoms with Crippen LogP contribution in [-0.4, -0.2) is 29.6 Å². The predicted molar refractivity (Wildman–Crippen MR) is 57.3 cm³/mol. The van der Waals surface area contributed by atoms with Crippen LogP contribution >= 0.6 is 15.9 Å². The van der Waals surface area contributed by atoms with Gasteiger partial charge in [0.15, 0.2) is 0 Å². The zero-order valence-corrected chi connectivity index (χ0v) is 10.00. The Labute approximate surface area is 93.0 Å². The highest BCUT2D eigenvalue weighted by Gasteiger charge is 2.29. The number of rotatable bonds is 3. The van der Waals surface area contributed by atoms with Gasteiger partial charge in [-0.05, 0) is 31.6 Å². The second-order valence-electron chi connectivity index (χ2n) is 3.86. The summed E-state index contributed by atoms with van der Waals surface area (Å²) in [6, 6.07) is 0. The maximum Gasteiger partial charge on any atom is 0.308 e. The normalized spacial score (nSPS) is 29.6. The number of esters is 1. The maximum atomic E-state index is 11.2. The zero-order valence-electron chi connectivity index (χ0n) is 8.41. The van der Waals surface area contributed by atoms with Crippen molar-refractivity contribution in [2.75, 3.05) is 12.4 Å². The third-order valence-electron chi connectivity index (χ3n) is 3.01. The van der Waals surface area contributed by atoms with Gasteiger partial charge in [-0.3, -0.25) is 4.79 Å². The molecule has 0 aromatic rings. The summed E-state index contributed by atoms with van der Waals surface area (Å²) in [7, 11) is 1.43. The van der Waals surface area contributed by atoms with Crippen molar-refractivity contribution in [3.63, 3.8) is 0 Å². The molecule has 1 aliphatic carbocycles. The van der Waals surface area contributed by atoms with Gasteiger partial charge in [0, 0.05) is 5.33 Å². The molecular formula is C10H17BrO3. The van der Waals surface area contributed by atoms with E-state index in [4.69, 9.17) is 4.74 Å². The van der Waals surface area contributed by atoms with Crippen LogP contribution in [0.15, 0.2) is 0 Å². The molecule has 1 N–H and O–H groups in total. The lowest BCUT2D eigenvalue weighted by Crippen LogP contribution is -2.29. The Bertz CT molecular complexity index is 188. The molecule has 1 atom stereocenters. The van der Waals surface area contributed by atoms with Gasteiger partial charge < -0.3 is 9.84 Å². The standard InChI is InChI=1S/C10H17BrO3/c1-14-10(13)8-4-2-7(3-5-8)9(12)6-11/h7-9,12H,2-6H2,1H3/t7-,8-,9?. The average Bonchev–Trinajstić information content (AvgIpc) is 2.27. The van der Waals surface area contributed by atoms with Gasteiger partial charge in [0.1, 0.15) is 0 Å². The lowest BCUT2D eigenvalue weighted by atomic mass is 9.80. The van der Waals surface area contributed by atoms with E-state index < -0.39 is 0 Å². The van der Waals surface area contributed by atoms with Crippen LogP contribution < -0.4 is 0 Å². The summed E-state index contributed by atoms with van der Waals surface area (Å²) in [5.41, 5.74) is 0. The van der Waals surface area contributed by atoms with Gasteiger partial charge in [-0.25, -0.2) is 0 Å². The molecular weight excluding hydrogens is 248 g/mol. The second kappa shape index (κ2) is 5.71. The SMILES string of the molecule is COC(=O)[C@H]1CC[C@H](C(O)CBr)CC1. The van der Waals surface area contributed by atoms with Crippen LogP contribution in [0.25, 0.3) is 0 Å². The minimum absolute atomic E-state index is 0.0544. The van der Waals surface area contributed by atoms with E-state index >= 15 is 0 Å². The highest BCUT2D eigenvalue weighted by atomic mass is 79.9. The number of hydrogen-bond acceptors (Lipinski definition) is 3. The van der Waals surface area contributed by atoms with E-state index in [1.54, 1.807) is 0 Å². The molecule has 0 spiro atoms. The fourth-order valence-corrected chi connectivity index (χ4v) is 2.56. The van der Waals surface area contributed by atoms with E-state index in [9.17, 15) is 9.90 Å². The van der Waals surface area contributed by atoms with E-state index in [1.807, 2.05) is 0 Å². The van der Waals surface area contributed by atoms with E-state index in [-0.39, 0.29) is 18.0 Å². The van der Waals surface area contributed by atoms with Crippen LogP contribution in [0, 0.1) is 11.8 Å². The summed E-state index contributed by atoms with van der Waals surface area (Å²) in [5.74, 6) is 0.297. The molecule has 4 heteroatoms. The highest BCUT2D eigenvalue weighted by Crippen LogP contribution is 2.31. The van der Waals surface area contributed by atoms with Crippen molar-refractivity contribution in [3.05, 3.63) is 0 Å². The topological polar surface area (TPSA) is 46.5 Å². The molecule has 0 radical (unpaired) electrons. The minimum Gasteiger partial charge on any atom is -0.469 e. The Morgan fingerprint density at radius 1 is 1.50 bits per heavy atom. The van der Waals surface area contributed by atoms with Crippen molar-refractivity contribution >= 4 is 21.9 Å². The molecule has 0 amide bonds. The molecule has 1 aliphatic rings. The molecule has 0 saturated heterocycles. The number of methoxy groups -OCH3 is 1. The third kappa shape index (κ3) is 2.95. The molecule has 0 aromatic heterocycles. The smallest absolute Gasteiger partial charge is 0.308 e. The largest absolute Gasteiger partial charge is 0.469 e. The molecule has 3 nitrogen and oxygen atoms in total. The van der Waals surface area contributed by atoms with Crippen molar-refractivity contribution in [2.45, 2.75) is 31.8 Å². The Hall–Kier alpha value is -0.0900. The van der Waals surface area contributed by atoms with E-state index in [0.29, 0.717) is 11.2 Å². The van der Waals surface area contributed by atoms with Gasteiger partial charge in [-0.15, -0.1) is 0 Å². The van der Waals surface area contributed by atoms with Crippen molar-refractivity contribution in [2.24, 2.45) is 11.8 Å². The molecule has 14 heavy (non-hydrogen) atoms. The van der Waals surface area contributed by atoms with Crippen LogP contribution in [0.1, 0.15) is 25.7 Å².